The molecule has 0 aliphatic rings. The average Bonchev–Trinajstić information content (AvgIpc) is 2.68. The molecule has 0 aliphatic carbocycles. The largest absolute Gasteiger partial charge is 0.460 e. The summed E-state index contributed by atoms with van der Waals surface area (Å²) in [5.74, 6) is -2.74. The zero-order valence-electron chi connectivity index (χ0n) is 15.7. The summed E-state index contributed by atoms with van der Waals surface area (Å²) in [6, 6.07) is 15.2. The van der Waals surface area contributed by atoms with Gasteiger partial charge in [-0.15, -0.1) is 0 Å². The normalized spacial score (nSPS) is 12.1. The van der Waals surface area contributed by atoms with Gasteiger partial charge in [0.05, 0.1) is 18.1 Å². The summed E-state index contributed by atoms with van der Waals surface area (Å²) in [4.78, 5) is 35.3. The molecule has 0 fully saturated rings. The highest BCUT2D eigenvalue weighted by atomic mass is 16.6. The van der Waals surface area contributed by atoms with Crippen LogP contribution in [0.2, 0.25) is 0 Å². The number of ether oxygens (including phenoxy) is 2. The maximum atomic E-state index is 12.3. The van der Waals surface area contributed by atoms with Crippen LogP contribution in [0.4, 0.5) is 0 Å². The Morgan fingerprint density at radius 2 is 1.75 bits per heavy atom. The van der Waals surface area contributed by atoms with E-state index in [-0.39, 0.29) is 17.9 Å². The molecule has 0 N–H and O–H groups in total. The minimum absolute atomic E-state index is 0.0729. The number of esters is 2. The molecule has 0 amide bonds. The Bertz CT molecular complexity index is 858. The fraction of sp³-hybridized carbons (Fsp3) is 0.238. The lowest BCUT2D eigenvalue weighted by Crippen LogP contribution is -2.18. The number of hydrogen-bond acceptors (Lipinski definition) is 6. The number of nitrogens with zero attached hydrogens (tertiary/aromatic N) is 1. The highest BCUT2D eigenvalue weighted by molar-refractivity contribution is 5.95. The molecular formula is C21H21NO6. The molecule has 7 heteroatoms. The highest BCUT2D eigenvalue weighted by Gasteiger charge is 2.23. The maximum Gasteiger partial charge on any atom is 0.374 e. The second-order valence-electron chi connectivity index (χ2n) is 6.04. The Morgan fingerprint density at radius 3 is 2.32 bits per heavy atom. The van der Waals surface area contributed by atoms with Crippen LogP contribution in [0.3, 0.4) is 0 Å². The van der Waals surface area contributed by atoms with E-state index in [0.717, 1.165) is 5.56 Å². The van der Waals surface area contributed by atoms with E-state index in [1.807, 2.05) is 19.1 Å². The molecule has 0 unspecified atom stereocenters. The first-order valence-corrected chi connectivity index (χ1v) is 8.75. The van der Waals surface area contributed by atoms with E-state index in [0.29, 0.717) is 5.56 Å². The molecule has 28 heavy (non-hydrogen) atoms. The van der Waals surface area contributed by atoms with E-state index in [4.69, 9.17) is 9.47 Å². The van der Waals surface area contributed by atoms with Crippen molar-refractivity contribution in [1.29, 1.82) is 0 Å². The van der Waals surface area contributed by atoms with E-state index < -0.39 is 29.3 Å². The predicted octanol–water partition coefficient (Wildman–Crippen LogP) is 3.66. The van der Waals surface area contributed by atoms with Gasteiger partial charge in [0.15, 0.2) is 0 Å². The van der Waals surface area contributed by atoms with E-state index in [2.05, 4.69) is 0 Å². The van der Waals surface area contributed by atoms with E-state index in [9.17, 15) is 19.7 Å². The average molecular weight is 383 g/mol. The van der Waals surface area contributed by atoms with Crippen LogP contribution in [0.25, 0.3) is 0 Å². The molecule has 7 nitrogen and oxygen atoms in total. The SMILES string of the molecule is CCOC(=O)/C(=C/[C@@H](C[N+](=O)[O-])c1ccc(C)cc1)OC(=O)c1ccccc1. The number of benzene rings is 2. The number of hydrogen-bond donors (Lipinski definition) is 0. The molecule has 2 aromatic rings. The van der Waals surface area contributed by atoms with Crippen molar-refractivity contribution in [2.75, 3.05) is 13.2 Å². The number of carbonyl (C=O) groups excluding carboxylic acids is 2. The van der Waals surface area contributed by atoms with Crippen molar-refractivity contribution in [1.82, 2.24) is 0 Å². The molecule has 2 rings (SSSR count). The monoisotopic (exact) mass is 383 g/mol. The van der Waals surface area contributed by atoms with E-state index >= 15 is 0 Å². The van der Waals surface area contributed by atoms with Crippen molar-refractivity contribution in [3.05, 3.63) is 93.2 Å². The Balaban J connectivity index is 2.38. The molecule has 0 saturated heterocycles. The van der Waals surface area contributed by atoms with Crippen LogP contribution in [0.1, 0.15) is 34.3 Å². The number of rotatable bonds is 8. The summed E-state index contributed by atoms with van der Waals surface area (Å²) in [5.41, 5.74) is 1.87. The van der Waals surface area contributed by atoms with Crippen LogP contribution >= 0.6 is 0 Å². The topological polar surface area (TPSA) is 95.7 Å². The lowest BCUT2D eigenvalue weighted by molar-refractivity contribution is -0.481. The molecule has 2 aromatic carbocycles. The van der Waals surface area contributed by atoms with Gasteiger partial charge in [0.2, 0.25) is 12.3 Å². The number of carbonyl (C=O) groups is 2. The summed E-state index contributed by atoms with van der Waals surface area (Å²) < 4.78 is 10.2. The fourth-order valence-electron chi connectivity index (χ4n) is 2.49. The molecule has 1 atom stereocenters. The zero-order chi connectivity index (χ0) is 20.5. The van der Waals surface area contributed by atoms with Gasteiger partial charge >= 0.3 is 11.9 Å². The smallest absolute Gasteiger partial charge is 0.374 e. The summed E-state index contributed by atoms with van der Waals surface area (Å²) in [6.07, 6.45) is 1.27. The van der Waals surface area contributed by atoms with Crippen molar-refractivity contribution < 1.29 is 24.0 Å². The molecule has 146 valence electrons. The zero-order valence-corrected chi connectivity index (χ0v) is 15.7. The van der Waals surface area contributed by atoms with Crippen LogP contribution in [0, 0.1) is 17.0 Å². The van der Waals surface area contributed by atoms with Gasteiger partial charge in [0.25, 0.3) is 0 Å². The molecule has 0 aliphatic heterocycles. The van der Waals surface area contributed by atoms with Crippen LogP contribution in [0.5, 0.6) is 0 Å². The lowest BCUT2D eigenvalue weighted by Gasteiger charge is -2.13. The Hall–Kier alpha value is -3.48. The first-order chi connectivity index (χ1) is 13.4. The predicted molar refractivity (Wildman–Crippen MR) is 102 cm³/mol. The first kappa shape index (κ1) is 20.8. The number of nitro groups is 1. The highest BCUT2D eigenvalue weighted by Crippen LogP contribution is 2.22. The molecule has 0 saturated carbocycles. The fourth-order valence-corrected chi connectivity index (χ4v) is 2.49. The Morgan fingerprint density at radius 1 is 1.11 bits per heavy atom. The van der Waals surface area contributed by atoms with Gasteiger partial charge in [0, 0.05) is 4.92 Å². The maximum absolute atomic E-state index is 12.3. The Labute approximate surface area is 162 Å². The van der Waals surface area contributed by atoms with Gasteiger partial charge in [-0.25, -0.2) is 9.59 Å². The van der Waals surface area contributed by atoms with Gasteiger partial charge in [-0.2, -0.15) is 0 Å². The minimum atomic E-state index is -0.854. The summed E-state index contributed by atoms with van der Waals surface area (Å²) in [7, 11) is 0. The second kappa shape index (κ2) is 10.0. The van der Waals surface area contributed by atoms with Crippen molar-refractivity contribution in [2.45, 2.75) is 19.8 Å². The van der Waals surface area contributed by atoms with Gasteiger partial charge in [-0.05, 0) is 37.6 Å². The third-order valence-electron chi connectivity index (χ3n) is 3.89. The van der Waals surface area contributed by atoms with Crippen molar-refractivity contribution in [3.8, 4) is 0 Å². The van der Waals surface area contributed by atoms with Crippen LogP contribution in [-0.2, 0) is 14.3 Å². The van der Waals surface area contributed by atoms with Crippen molar-refractivity contribution in [2.24, 2.45) is 0 Å². The molecular weight excluding hydrogens is 362 g/mol. The van der Waals surface area contributed by atoms with Gasteiger partial charge in [0.1, 0.15) is 0 Å². The molecule has 0 spiro atoms. The van der Waals surface area contributed by atoms with Crippen LogP contribution < -0.4 is 0 Å². The van der Waals surface area contributed by atoms with Crippen LogP contribution in [-0.4, -0.2) is 30.0 Å². The van der Waals surface area contributed by atoms with E-state index in [1.165, 1.54) is 6.08 Å². The summed E-state index contributed by atoms with van der Waals surface area (Å²) in [5, 5.41) is 11.1. The molecule has 0 bridgehead atoms. The van der Waals surface area contributed by atoms with Gasteiger partial charge in [-0.3, -0.25) is 10.1 Å². The van der Waals surface area contributed by atoms with Crippen LogP contribution in [0.15, 0.2) is 66.4 Å². The Kier molecular flexibility index (Phi) is 7.45. The standard InChI is InChI=1S/C21H21NO6/c1-3-27-21(24)19(28-20(23)17-7-5-4-6-8-17)13-18(14-22(25)26)16-11-9-15(2)10-12-16/h4-13,18H,3,14H2,1-2H3/b19-13-/t18-/m0/s1. The summed E-state index contributed by atoms with van der Waals surface area (Å²) >= 11 is 0. The minimum Gasteiger partial charge on any atom is -0.460 e. The van der Waals surface area contributed by atoms with Crippen molar-refractivity contribution in [3.63, 3.8) is 0 Å². The third-order valence-corrected chi connectivity index (χ3v) is 3.89. The van der Waals surface area contributed by atoms with Crippen molar-refractivity contribution >= 4 is 11.9 Å². The van der Waals surface area contributed by atoms with Gasteiger partial charge < -0.3 is 9.47 Å². The lowest BCUT2D eigenvalue weighted by atomic mass is 9.97. The summed E-state index contributed by atoms with van der Waals surface area (Å²) in [6.45, 7) is 3.12. The first-order valence-electron chi connectivity index (χ1n) is 8.75. The molecule has 0 aromatic heterocycles. The number of aryl methyl sites for hydroxylation is 1. The van der Waals surface area contributed by atoms with E-state index in [1.54, 1.807) is 49.4 Å². The molecule has 0 heterocycles. The second-order valence-corrected chi connectivity index (χ2v) is 6.04. The molecule has 0 radical (unpaired) electrons. The van der Waals surface area contributed by atoms with Gasteiger partial charge in [-0.1, -0.05) is 48.0 Å². The quantitative estimate of drug-likeness (QED) is 0.227. The third kappa shape index (κ3) is 6.05.